The molecular formula is C27H22BrN3O3. The monoisotopic (exact) mass is 515 g/mol. The highest BCUT2D eigenvalue weighted by Crippen LogP contribution is 2.34. The first-order chi connectivity index (χ1) is 16.6. The first-order valence-electron chi connectivity index (χ1n) is 10.5. The molecule has 1 amide bonds. The van der Waals surface area contributed by atoms with Crippen LogP contribution in [0.25, 0.3) is 22.2 Å². The number of nitrogens with one attached hydrogen (secondary N) is 1. The standard InChI is InChI=1S/C27H22BrN3O3/c1-3-13-34-26-19(14-20(28)15-25(26)33-2)17-29-31-27(32)22-16-24(18-9-5-4-6-10-18)30-23-12-8-7-11-21(22)23/h3-12,14-17H,1,13H2,2H3,(H,31,32)/b29-17-. The SMILES string of the molecule is C=CCOc1c(/C=N\NC(=O)c2cc(-c3ccccc3)nc3ccccc23)cc(Br)cc1OC. The number of pyridine rings is 1. The second-order valence-corrected chi connectivity index (χ2v) is 8.18. The number of rotatable bonds is 8. The average molecular weight is 516 g/mol. The van der Waals surface area contributed by atoms with E-state index in [4.69, 9.17) is 14.5 Å². The van der Waals surface area contributed by atoms with Crippen LogP contribution in [0.3, 0.4) is 0 Å². The predicted octanol–water partition coefficient (Wildman–Crippen LogP) is 6.00. The highest BCUT2D eigenvalue weighted by molar-refractivity contribution is 9.10. The summed E-state index contributed by atoms with van der Waals surface area (Å²) in [5, 5.41) is 4.93. The van der Waals surface area contributed by atoms with Crippen molar-refractivity contribution in [3.05, 3.63) is 101 Å². The van der Waals surface area contributed by atoms with Crippen LogP contribution in [0, 0.1) is 0 Å². The van der Waals surface area contributed by atoms with E-state index >= 15 is 0 Å². The van der Waals surface area contributed by atoms with Gasteiger partial charge in [-0.15, -0.1) is 0 Å². The number of aromatic nitrogens is 1. The first-order valence-corrected chi connectivity index (χ1v) is 11.3. The van der Waals surface area contributed by atoms with Gasteiger partial charge in [-0.2, -0.15) is 5.10 Å². The van der Waals surface area contributed by atoms with E-state index in [1.54, 1.807) is 25.3 Å². The molecule has 6 nitrogen and oxygen atoms in total. The van der Waals surface area contributed by atoms with Crippen LogP contribution in [0.1, 0.15) is 15.9 Å². The molecule has 3 aromatic carbocycles. The van der Waals surface area contributed by atoms with Crippen molar-refractivity contribution in [1.29, 1.82) is 0 Å². The number of ether oxygens (including phenoxy) is 2. The number of benzene rings is 3. The number of hydrazone groups is 1. The van der Waals surface area contributed by atoms with Gasteiger partial charge in [0.15, 0.2) is 11.5 Å². The molecule has 0 saturated carbocycles. The lowest BCUT2D eigenvalue weighted by atomic mass is 10.0. The van der Waals surface area contributed by atoms with Gasteiger partial charge in [-0.3, -0.25) is 4.79 Å². The molecule has 0 aliphatic heterocycles. The van der Waals surface area contributed by atoms with Crippen LogP contribution < -0.4 is 14.9 Å². The number of amides is 1. The Bertz CT molecular complexity index is 1370. The summed E-state index contributed by atoms with van der Waals surface area (Å²) >= 11 is 3.46. The number of para-hydroxylation sites is 1. The summed E-state index contributed by atoms with van der Waals surface area (Å²) in [5.74, 6) is 0.698. The molecular weight excluding hydrogens is 494 g/mol. The van der Waals surface area contributed by atoms with Gasteiger partial charge < -0.3 is 9.47 Å². The van der Waals surface area contributed by atoms with Gasteiger partial charge >= 0.3 is 0 Å². The van der Waals surface area contributed by atoms with Crippen molar-refractivity contribution in [3.63, 3.8) is 0 Å². The summed E-state index contributed by atoms with van der Waals surface area (Å²) in [4.78, 5) is 17.9. The zero-order valence-corrected chi connectivity index (χ0v) is 20.1. The van der Waals surface area contributed by atoms with E-state index < -0.39 is 0 Å². The van der Waals surface area contributed by atoms with Gasteiger partial charge in [0.1, 0.15) is 6.61 Å². The van der Waals surface area contributed by atoms with Gasteiger partial charge in [0, 0.05) is 21.0 Å². The smallest absolute Gasteiger partial charge is 0.272 e. The lowest BCUT2D eigenvalue weighted by Gasteiger charge is -2.13. The Balaban J connectivity index is 1.66. The van der Waals surface area contributed by atoms with Gasteiger partial charge in [0.2, 0.25) is 0 Å². The Hall–Kier alpha value is -3.97. The third-order valence-corrected chi connectivity index (χ3v) is 5.47. The number of carbonyl (C=O) groups excluding carboxylic acids is 1. The molecule has 0 radical (unpaired) electrons. The van der Waals surface area contributed by atoms with Crippen LogP contribution in [0.4, 0.5) is 0 Å². The minimum Gasteiger partial charge on any atom is -0.493 e. The largest absolute Gasteiger partial charge is 0.493 e. The molecule has 0 bridgehead atoms. The summed E-state index contributed by atoms with van der Waals surface area (Å²) in [6, 6.07) is 22.7. The summed E-state index contributed by atoms with van der Waals surface area (Å²) in [7, 11) is 1.56. The lowest BCUT2D eigenvalue weighted by Crippen LogP contribution is -2.18. The Labute approximate surface area is 206 Å². The maximum Gasteiger partial charge on any atom is 0.272 e. The van der Waals surface area contributed by atoms with Crippen LogP contribution >= 0.6 is 15.9 Å². The molecule has 0 unspecified atom stereocenters. The van der Waals surface area contributed by atoms with Gasteiger partial charge in [-0.25, -0.2) is 10.4 Å². The molecule has 7 heteroatoms. The molecule has 1 heterocycles. The first kappa shape index (κ1) is 23.2. The average Bonchev–Trinajstić information content (AvgIpc) is 2.87. The zero-order valence-electron chi connectivity index (χ0n) is 18.5. The minimum atomic E-state index is -0.345. The Morgan fingerprint density at radius 2 is 1.88 bits per heavy atom. The number of hydrogen-bond acceptors (Lipinski definition) is 5. The number of hydrogen-bond donors (Lipinski definition) is 1. The van der Waals surface area contributed by atoms with Crippen molar-refractivity contribution in [2.24, 2.45) is 5.10 Å². The van der Waals surface area contributed by atoms with Gasteiger partial charge in [-0.1, -0.05) is 77.1 Å². The van der Waals surface area contributed by atoms with E-state index in [1.165, 1.54) is 6.21 Å². The molecule has 0 aliphatic carbocycles. The fourth-order valence-corrected chi connectivity index (χ4v) is 3.93. The van der Waals surface area contributed by atoms with E-state index in [9.17, 15) is 4.79 Å². The van der Waals surface area contributed by atoms with Crippen molar-refractivity contribution in [1.82, 2.24) is 10.4 Å². The molecule has 170 valence electrons. The van der Waals surface area contributed by atoms with Crippen molar-refractivity contribution < 1.29 is 14.3 Å². The second-order valence-electron chi connectivity index (χ2n) is 7.26. The number of methoxy groups -OCH3 is 1. The van der Waals surface area contributed by atoms with Crippen LogP contribution in [0.15, 0.2) is 95.0 Å². The zero-order chi connectivity index (χ0) is 23.9. The van der Waals surface area contributed by atoms with Crippen LogP contribution in [0.5, 0.6) is 11.5 Å². The van der Waals surface area contributed by atoms with E-state index in [1.807, 2.05) is 60.7 Å². The third-order valence-electron chi connectivity index (χ3n) is 5.01. The van der Waals surface area contributed by atoms with Crippen molar-refractivity contribution in [2.75, 3.05) is 13.7 Å². The van der Waals surface area contributed by atoms with Crippen LogP contribution in [-0.2, 0) is 0 Å². The molecule has 1 N–H and O–H groups in total. The lowest BCUT2D eigenvalue weighted by molar-refractivity contribution is 0.0956. The molecule has 0 aliphatic rings. The Morgan fingerprint density at radius 1 is 1.12 bits per heavy atom. The van der Waals surface area contributed by atoms with Gasteiger partial charge in [0.05, 0.1) is 30.1 Å². The second kappa shape index (κ2) is 10.8. The Kier molecular flexibility index (Phi) is 7.34. The Morgan fingerprint density at radius 3 is 2.65 bits per heavy atom. The number of halogens is 1. The van der Waals surface area contributed by atoms with E-state index in [0.717, 1.165) is 20.9 Å². The number of fused-ring (bicyclic) bond motifs is 1. The van der Waals surface area contributed by atoms with Crippen LogP contribution in [-0.4, -0.2) is 30.8 Å². The highest BCUT2D eigenvalue weighted by atomic mass is 79.9. The highest BCUT2D eigenvalue weighted by Gasteiger charge is 2.14. The number of nitrogens with zero attached hydrogens (tertiary/aromatic N) is 2. The van der Waals surface area contributed by atoms with Gasteiger partial charge in [0.25, 0.3) is 5.91 Å². The van der Waals surface area contributed by atoms with Crippen molar-refractivity contribution >= 4 is 39.0 Å². The molecule has 0 spiro atoms. The number of carbonyl (C=O) groups is 1. The molecule has 0 fully saturated rings. The fourth-order valence-electron chi connectivity index (χ4n) is 3.47. The molecule has 34 heavy (non-hydrogen) atoms. The summed E-state index contributed by atoms with van der Waals surface area (Å²) in [6.07, 6.45) is 3.16. The predicted molar refractivity (Wildman–Crippen MR) is 139 cm³/mol. The fraction of sp³-hybridized carbons (Fsp3) is 0.0741. The topological polar surface area (TPSA) is 72.8 Å². The molecule has 4 aromatic rings. The van der Waals surface area contributed by atoms with Gasteiger partial charge in [-0.05, 0) is 24.3 Å². The minimum absolute atomic E-state index is 0.302. The van der Waals surface area contributed by atoms with Crippen LogP contribution in [0.2, 0.25) is 0 Å². The van der Waals surface area contributed by atoms with E-state index in [2.05, 4.69) is 33.0 Å². The third kappa shape index (κ3) is 5.15. The maximum atomic E-state index is 13.1. The van der Waals surface area contributed by atoms with Crippen molar-refractivity contribution in [3.8, 4) is 22.8 Å². The summed E-state index contributed by atoms with van der Waals surface area (Å²) in [6.45, 7) is 3.98. The van der Waals surface area contributed by atoms with E-state index in [0.29, 0.717) is 34.9 Å². The van der Waals surface area contributed by atoms with E-state index in [-0.39, 0.29) is 5.91 Å². The van der Waals surface area contributed by atoms with Crippen molar-refractivity contribution in [2.45, 2.75) is 0 Å². The molecule has 4 rings (SSSR count). The molecule has 1 aromatic heterocycles. The quantitative estimate of drug-likeness (QED) is 0.177. The molecule has 0 atom stereocenters. The molecule has 0 saturated heterocycles. The normalized spacial score (nSPS) is 10.9. The summed E-state index contributed by atoms with van der Waals surface area (Å²) < 4.78 is 12.0. The summed E-state index contributed by atoms with van der Waals surface area (Å²) in [5.41, 5.74) is 6.12. The maximum absolute atomic E-state index is 13.1.